The van der Waals surface area contributed by atoms with E-state index < -0.39 is 10.8 Å². The van der Waals surface area contributed by atoms with Crippen LogP contribution in [0.5, 0.6) is 5.75 Å². The molecule has 5 nitrogen and oxygen atoms in total. The summed E-state index contributed by atoms with van der Waals surface area (Å²) < 4.78 is 16.3. The molecule has 1 aromatic carbocycles. The molecule has 19 heavy (non-hydrogen) atoms. The number of carbonyl (C=O) groups excluding carboxylic acids is 1. The lowest BCUT2D eigenvalue weighted by atomic mass is 10.1. The fourth-order valence-corrected chi connectivity index (χ4v) is 2.06. The summed E-state index contributed by atoms with van der Waals surface area (Å²) in [6.07, 6.45) is 2.33. The first kappa shape index (κ1) is 15.5. The van der Waals surface area contributed by atoms with Crippen LogP contribution in [-0.2, 0) is 10.8 Å². The Morgan fingerprint density at radius 3 is 2.79 bits per heavy atom. The summed E-state index contributed by atoms with van der Waals surface area (Å²) in [5, 5.41) is 2.84. The zero-order valence-corrected chi connectivity index (χ0v) is 12.3. The highest BCUT2D eigenvalue weighted by Crippen LogP contribution is 2.25. The minimum Gasteiger partial charge on any atom is -0.494 e. The Hall–Kier alpha value is -1.56. The molecule has 0 aliphatic rings. The van der Waals surface area contributed by atoms with Crippen molar-refractivity contribution in [2.24, 2.45) is 0 Å². The smallest absolute Gasteiger partial charge is 0.255 e. The first-order chi connectivity index (χ1) is 8.97. The Labute approximate surface area is 116 Å². The molecule has 3 N–H and O–H groups in total. The van der Waals surface area contributed by atoms with Gasteiger partial charge in [0, 0.05) is 28.9 Å². The molecular formula is C13H20N2O3S. The Balaban J connectivity index is 2.64. The molecule has 0 aromatic heterocycles. The number of anilines is 1. The maximum absolute atomic E-state index is 12.0. The Kier molecular flexibility index (Phi) is 5.82. The van der Waals surface area contributed by atoms with Gasteiger partial charge in [0.25, 0.3) is 5.91 Å². The first-order valence-corrected chi connectivity index (χ1v) is 7.62. The number of hydrogen-bond donors (Lipinski definition) is 2. The van der Waals surface area contributed by atoms with Crippen LogP contribution in [0, 0.1) is 0 Å². The summed E-state index contributed by atoms with van der Waals surface area (Å²) in [5.74, 6) is 0.144. The fraction of sp³-hybridized carbons (Fsp3) is 0.462. The van der Waals surface area contributed by atoms with Gasteiger partial charge in [-0.1, -0.05) is 13.0 Å². The van der Waals surface area contributed by atoms with Gasteiger partial charge < -0.3 is 15.8 Å². The second-order valence-corrected chi connectivity index (χ2v) is 6.08. The number of ether oxygens (including phenoxy) is 1. The molecule has 1 amide bonds. The molecule has 2 atom stereocenters. The van der Waals surface area contributed by atoms with E-state index in [0.29, 0.717) is 30.0 Å². The Morgan fingerprint density at radius 1 is 1.53 bits per heavy atom. The molecule has 1 aromatic rings. The van der Waals surface area contributed by atoms with Gasteiger partial charge in [-0.3, -0.25) is 9.00 Å². The number of nitrogens with one attached hydrogen (secondary N) is 1. The summed E-state index contributed by atoms with van der Waals surface area (Å²) in [7, 11) is 0.602. The summed E-state index contributed by atoms with van der Waals surface area (Å²) in [4.78, 5) is 12.0. The highest BCUT2D eigenvalue weighted by Gasteiger charge is 2.14. The van der Waals surface area contributed by atoms with Crippen molar-refractivity contribution in [3.63, 3.8) is 0 Å². The highest BCUT2D eigenvalue weighted by molar-refractivity contribution is 7.84. The lowest BCUT2D eigenvalue weighted by Crippen LogP contribution is -2.28. The van der Waals surface area contributed by atoms with E-state index >= 15 is 0 Å². The van der Waals surface area contributed by atoms with Gasteiger partial charge in [0.05, 0.1) is 18.4 Å². The number of para-hydroxylation sites is 1. The number of amides is 1. The lowest BCUT2D eigenvalue weighted by Gasteiger charge is -2.12. The van der Waals surface area contributed by atoms with Crippen molar-refractivity contribution in [1.29, 1.82) is 0 Å². The topological polar surface area (TPSA) is 81.4 Å². The van der Waals surface area contributed by atoms with Crippen LogP contribution in [0.15, 0.2) is 18.2 Å². The zero-order chi connectivity index (χ0) is 14.4. The molecule has 106 valence electrons. The molecule has 0 aliphatic carbocycles. The van der Waals surface area contributed by atoms with Crippen molar-refractivity contribution >= 4 is 22.4 Å². The molecule has 0 saturated carbocycles. The normalized spacial score (nSPS) is 13.6. The van der Waals surface area contributed by atoms with E-state index in [1.807, 2.05) is 6.92 Å². The van der Waals surface area contributed by atoms with Crippen LogP contribution < -0.4 is 15.8 Å². The molecular weight excluding hydrogens is 264 g/mol. The van der Waals surface area contributed by atoms with E-state index in [1.165, 1.54) is 7.11 Å². The molecule has 0 heterocycles. The summed E-state index contributed by atoms with van der Waals surface area (Å²) in [6.45, 7) is 2.36. The monoisotopic (exact) mass is 284 g/mol. The zero-order valence-electron chi connectivity index (χ0n) is 11.4. The van der Waals surface area contributed by atoms with Gasteiger partial charge in [-0.15, -0.1) is 0 Å². The Morgan fingerprint density at radius 2 is 2.21 bits per heavy atom. The van der Waals surface area contributed by atoms with Crippen molar-refractivity contribution in [3.8, 4) is 5.75 Å². The second-order valence-electron chi connectivity index (χ2n) is 4.28. The minimum atomic E-state index is -0.875. The standard InChI is InChI=1S/C13H20N2O3S/c1-9(19(3)17)7-8-15-13(16)10-5-4-6-11(14)12(10)18-2/h4-6,9H,7-8,14H2,1-3H3,(H,15,16). The van der Waals surface area contributed by atoms with Gasteiger partial charge >= 0.3 is 0 Å². The summed E-state index contributed by atoms with van der Waals surface area (Å²) in [6, 6.07) is 5.04. The fourth-order valence-electron chi connectivity index (χ4n) is 1.61. The van der Waals surface area contributed by atoms with Gasteiger partial charge in [0.15, 0.2) is 5.75 Å². The number of rotatable bonds is 6. The van der Waals surface area contributed by atoms with Gasteiger partial charge in [0.1, 0.15) is 0 Å². The average molecular weight is 284 g/mol. The summed E-state index contributed by atoms with van der Waals surface area (Å²) >= 11 is 0. The van der Waals surface area contributed by atoms with Crippen molar-refractivity contribution < 1.29 is 13.7 Å². The van der Waals surface area contributed by atoms with Crippen LogP contribution >= 0.6 is 0 Å². The third kappa shape index (κ3) is 4.24. The number of nitrogens with two attached hydrogens (primary N) is 1. The third-order valence-electron chi connectivity index (χ3n) is 2.90. The largest absolute Gasteiger partial charge is 0.494 e. The number of nitrogen functional groups attached to an aromatic ring is 1. The molecule has 0 saturated heterocycles. The maximum atomic E-state index is 12.0. The van der Waals surface area contributed by atoms with Crippen LogP contribution in [0.25, 0.3) is 0 Å². The average Bonchev–Trinajstić information content (AvgIpc) is 2.37. The van der Waals surface area contributed by atoms with Crippen molar-refractivity contribution in [2.45, 2.75) is 18.6 Å². The Bertz CT molecular complexity index is 477. The molecule has 6 heteroatoms. The molecule has 1 rings (SSSR count). The highest BCUT2D eigenvalue weighted by atomic mass is 32.2. The SMILES string of the molecule is COc1c(N)cccc1C(=O)NCCC(C)S(C)=O. The van der Waals surface area contributed by atoms with Crippen LogP contribution in [0.4, 0.5) is 5.69 Å². The van der Waals surface area contributed by atoms with Gasteiger partial charge in [0.2, 0.25) is 0 Å². The molecule has 0 bridgehead atoms. The molecule has 2 unspecified atom stereocenters. The number of methoxy groups -OCH3 is 1. The molecule has 0 fully saturated rings. The quantitative estimate of drug-likeness (QED) is 0.768. The minimum absolute atomic E-state index is 0.0584. The van der Waals surface area contributed by atoms with E-state index in [-0.39, 0.29) is 11.2 Å². The predicted molar refractivity (Wildman–Crippen MR) is 77.9 cm³/mol. The molecule has 0 spiro atoms. The summed E-state index contributed by atoms with van der Waals surface area (Å²) in [5.41, 5.74) is 6.58. The van der Waals surface area contributed by atoms with Crippen LogP contribution in [0.3, 0.4) is 0 Å². The van der Waals surface area contributed by atoms with Crippen molar-refractivity contribution in [2.75, 3.05) is 25.6 Å². The van der Waals surface area contributed by atoms with Crippen molar-refractivity contribution in [3.05, 3.63) is 23.8 Å². The van der Waals surface area contributed by atoms with E-state index in [0.717, 1.165) is 0 Å². The van der Waals surface area contributed by atoms with Gasteiger partial charge in [-0.05, 0) is 18.6 Å². The first-order valence-electron chi connectivity index (χ1n) is 6.00. The second kappa shape index (κ2) is 7.13. The molecule has 0 aliphatic heterocycles. The third-order valence-corrected chi connectivity index (χ3v) is 4.27. The number of benzene rings is 1. The van der Waals surface area contributed by atoms with Crippen LogP contribution in [-0.4, -0.2) is 35.3 Å². The van der Waals surface area contributed by atoms with E-state index in [2.05, 4.69) is 5.32 Å². The van der Waals surface area contributed by atoms with E-state index in [1.54, 1.807) is 24.5 Å². The van der Waals surface area contributed by atoms with E-state index in [4.69, 9.17) is 10.5 Å². The molecule has 0 radical (unpaired) electrons. The number of carbonyl (C=O) groups is 1. The maximum Gasteiger partial charge on any atom is 0.255 e. The predicted octanol–water partition coefficient (Wildman–Crippen LogP) is 1.16. The number of hydrogen-bond acceptors (Lipinski definition) is 4. The lowest BCUT2D eigenvalue weighted by molar-refractivity contribution is 0.0950. The van der Waals surface area contributed by atoms with E-state index in [9.17, 15) is 9.00 Å². The van der Waals surface area contributed by atoms with Gasteiger partial charge in [-0.25, -0.2) is 0 Å². The van der Waals surface area contributed by atoms with Crippen molar-refractivity contribution in [1.82, 2.24) is 5.32 Å². The van der Waals surface area contributed by atoms with Crippen LogP contribution in [0.2, 0.25) is 0 Å². The van der Waals surface area contributed by atoms with Gasteiger partial charge in [-0.2, -0.15) is 0 Å². The van der Waals surface area contributed by atoms with Crippen LogP contribution in [0.1, 0.15) is 23.7 Å².